The van der Waals surface area contributed by atoms with E-state index in [-0.39, 0.29) is 35.5 Å². The first-order valence-corrected chi connectivity index (χ1v) is 8.83. The quantitative estimate of drug-likeness (QED) is 0.455. The standard InChI is InChI=1S/C18H18BrN3O2/c1-21(2)14-6-3-10(7-13(14)19)9-20-22-17(23)15-11-4-5-12(8-11)16(15)18(22)24/h3-7,9,11-12,15-16H,8H2,1-2H3. The first kappa shape index (κ1) is 15.6. The van der Waals surface area contributed by atoms with Crippen molar-refractivity contribution in [1.82, 2.24) is 5.01 Å². The number of hydrogen-bond acceptors (Lipinski definition) is 4. The van der Waals surface area contributed by atoms with Crippen LogP contribution in [0.25, 0.3) is 0 Å². The zero-order chi connectivity index (χ0) is 17.0. The van der Waals surface area contributed by atoms with Gasteiger partial charge in [0.15, 0.2) is 0 Å². The van der Waals surface area contributed by atoms with Crippen molar-refractivity contribution >= 4 is 39.6 Å². The minimum atomic E-state index is -0.201. The monoisotopic (exact) mass is 387 g/mol. The highest BCUT2D eigenvalue weighted by molar-refractivity contribution is 9.10. The van der Waals surface area contributed by atoms with Gasteiger partial charge in [0.1, 0.15) is 0 Å². The van der Waals surface area contributed by atoms with Crippen molar-refractivity contribution in [3.8, 4) is 0 Å². The SMILES string of the molecule is CN(C)c1ccc(C=NN2C(=O)C3C4C=CC(C4)C3C2=O)cc1Br. The molecule has 24 heavy (non-hydrogen) atoms. The third kappa shape index (κ3) is 2.24. The second-order valence-electron chi connectivity index (χ2n) is 6.84. The van der Waals surface area contributed by atoms with Crippen LogP contribution in [-0.2, 0) is 9.59 Å². The lowest BCUT2D eigenvalue weighted by Crippen LogP contribution is -2.28. The Kier molecular flexibility index (Phi) is 3.60. The lowest BCUT2D eigenvalue weighted by molar-refractivity contribution is -0.140. The van der Waals surface area contributed by atoms with Gasteiger partial charge in [-0.3, -0.25) is 9.59 Å². The molecule has 2 bridgehead atoms. The molecular weight excluding hydrogens is 370 g/mol. The maximum absolute atomic E-state index is 12.6. The molecule has 4 unspecified atom stereocenters. The molecule has 5 nitrogen and oxygen atoms in total. The summed E-state index contributed by atoms with van der Waals surface area (Å²) in [7, 11) is 3.94. The summed E-state index contributed by atoms with van der Waals surface area (Å²) in [5.74, 6) is -0.278. The maximum atomic E-state index is 12.6. The molecule has 1 aliphatic heterocycles. The Morgan fingerprint density at radius 1 is 1.17 bits per heavy atom. The van der Waals surface area contributed by atoms with Crippen LogP contribution >= 0.6 is 15.9 Å². The maximum Gasteiger partial charge on any atom is 0.254 e. The van der Waals surface area contributed by atoms with Crippen LogP contribution in [0.4, 0.5) is 5.69 Å². The summed E-state index contributed by atoms with van der Waals surface area (Å²) in [6, 6.07) is 5.81. The summed E-state index contributed by atoms with van der Waals surface area (Å²) in [6.07, 6.45) is 6.68. The number of carbonyl (C=O) groups excluding carboxylic acids is 2. The molecule has 0 spiro atoms. The zero-order valence-electron chi connectivity index (χ0n) is 13.5. The van der Waals surface area contributed by atoms with Crippen LogP contribution in [0, 0.1) is 23.7 Å². The van der Waals surface area contributed by atoms with Gasteiger partial charge >= 0.3 is 0 Å². The number of allylic oxidation sites excluding steroid dienone is 2. The van der Waals surface area contributed by atoms with Crippen LogP contribution in [0.2, 0.25) is 0 Å². The molecule has 6 heteroatoms. The predicted octanol–water partition coefficient (Wildman–Crippen LogP) is 2.66. The fraction of sp³-hybridized carbons (Fsp3) is 0.389. The Bertz CT molecular complexity index is 756. The number of hydrogen-bond donors (Lipinski definition) is 0. The van der Waals surface area contributed by atoms with E-state index in [0.717, 1.165) is 27.2 Å². The van der Waals surface area contributed by atoms with E-state index >= 15 is 0 Å². The van der Waals surface area contributed by atoms with E-state index in [1.807, 2.05) is 37.2 Å². The summed E-state index contributed by atoms with van der Waals surface area (Å²) in [5.41, 5.74) is 1.89. The fourth-order valence-corrected chi connectivity index (χ4v) is 4.84. The Balaban J connectivity index is 1.56. The molecule has 124 valence electrons. The van der Waals surface area contributed by atoms with Crippen LogP contribution in [0.5, 0.6) is 0 Å². The largest absolute Gasteiger partial charge is 0.377 e. The van der Waals surface area contributed by atoms with Gasteiger partial charge in [-0.2, -0.15) is 10.1 Å². The van der Waals surface area contributed by atoms with Crippen molar-refractivity contribution in [2.75, 3.05) is 19.0 Å². The summed E-state index contributed by atoms with van der Waals surface area (Å²) >= 11 is 3.53. The van der Waals surface area contributed by atoms with Crippen molar-refractivity contribution in [3.63, 3.8) is 0 Å². The lowest BCUT2D eigenvalue weighted by atomic mass is 9.85. The van der Waals surface area contributed by atoms with Crippen LogP contribution in [0.15, 0.2) is 39.9 Å². The summed E-state index contributed by atoms with van der Waals surface area (Å²) in [5, 5.41) is 5.28. The summed E-state index contributed by atoms with van der Waals surface area (Å²) in [6.45, 7) is 0. The van der Waals surface area contributed by atoms with Gasteiger partial charge in [0, 0.05) is 18.6 Å². The number of rotatable bonds is 3. The molecule has 2 amide bonds. The van der Waals surface area contributed by atoms with Crippen molar-refractivity contribution in [2.45, 2.75) is 6.42 Å². The summed E-state index contributed by atoms with van der Waals surface area (Å²) < 4.78 is 0.939. The average molecular weight is 388 g/mol. The lowest BCUT2D eigenvalue weighted by Gasteiger charge is -2.15. The first-order valence-electron chi connectivity index (χ1n) is 8.04. The third-order valence-electron chi connectivity index (χ3n) is 5.22. The highest BCUT2D eigenvalue weighted by Gasteiger charge is 2.59. The van der Waals surface area contributed by atoms with E-state index in [0.29, 0.717) is 0 Å². The van der Waals surface area contributed by atoms with Gasteiger partial charge in [-0.1, -0.05) is 18.2 Å². The number of carbonyl (C=O) groups is 2. The molecule has 0 N–H and O–H groups in total. The number of anilines is 1. The van der Waals surface area contributed by atoms with Crippen LogP contribution in [0.1, 0.15) is 12.0 Å². The molecule has 3 aliphatic rings. The number of amides is 2. The zero-order valence-corrected chi connectivity index (χ0v) is 15.1. The Morgan fingerprint density at radius 3 is 2.33 bits per heavy atom. The van der Waals surface area contributed by atoms with Gasteiger partial charge in [-0.05, 0) is 51.9 Å². The second-order valence-corrected chi connectivity index (χ2v) is 7.69. The van der Waals surface area contributed by atoms with Crippen molar-refractivity contribution < 1.29 is 9.59 Å². The van der Waals surface area contributed by atoms with E-state index in [4.69, 9.17) is 0 Å². The predicted molar refractivity (Wildman–Crippen MR) is 95.6 cm³/mol. The molecule has 1 saturated carbocycles. The molecule has 1 saturated heterocycles. The summed E-state index contributed by atoms with van der Waals surface area (Å²) in [4.78, 5) is 27.1. The first-order chi connectivity index (χ1) is 11.5. The smallest absolute Gasteiger partial charge is 0.254 e. The van der Waals surface area contributed by atoms with Gasteiger partial charge in [0.05, 0.1) is 23.7 Å². The van der Waals surface area contributed by atoms with Gasteiger partial charge in [0.25, 0.3) is 11.8 Å². The molecular formula is C18H18BrN3O2. The number of hydrazone groups is 1. The van der Waals surface area contributed by atoms with Gasteiger partial charge in [-0.25, -0.2) is 0 Å². The van der Waals surface area contributed by atoms with E-state index in [9.17, 15) is 9.59 Å². The molecule has 1 aromatic carbocycles. The Labute approximate surface area is 149 Å². The van der Waals surface area contributed by atoms with E-state index in [1.54, 1.807) is 6.21 Å². The van der Waals surface area contributed by atoms with Crippen LogP contribution < -0.4 is 4.90 Å². The number of nitrogens with zero attached hydrogens (tertiary/aromatic N) is 3. The minimum Gasteiger partial charge on any atom is -0.377 e. The minimum absolute atomic E-state index is 0.151. The molecule has 0 radical (unpaired) electrons. The molecule has 4 rings (SSSR count). The van der Waals surface area contributed by atoms with Gasteiger partial charge in [0.2, 0.25) is 0 Å². The highest BCUT2D eigenvalue weighted by atomic mass is 79.9. The highest BCUT2D eigenvalue weighted by Crippen LogP contribution is 2.52. The molecule has 1 aromatic rings. The van der Waals surface area contributed by atoms with Crippen molar-refractivity contribution in [2.24, 2.45) is 28.8 Å². The van der Waals surface area contributed by atoms with E-state index < -0.39 is 0 Å². The van der Waals surface area contributed by atoms with Gasteiger partial charge in [-0.15, -0.1) is 0 Å². The molecule has 4 atom stereocenters. The fourth-order valence-electron chi connectivity index (χ4n) is 4.09. The second kappa shape index (κ2) is 5.55. The third-order valence-corrected chi connectivity index (χ3v) is 5.86. The number of benzene rings is 1. The van der Waals surface area contributed by atoms with E-state index in [1.165, 1.54) is 0 Å². The number of halogens is 1. The van der Waals surface area contributed by atoms with Crippen LogP contribution in [0.3, 0.4) is 0 Å². The molecule has 2 fully saturated rings. The van der Waals surface area contributed by atoms with E-state index in [2.05, 4.69) is 33.2 Å². The van der Waals surface area contributed by atoms with Crippen molar-refractivity contribution in [1.29, 1.82) is 0 Å². The molecule has 1 heterocycles. The topological polar surface area (TPSA) is 53.0 Å². The molecule has 0 aromatic heterocycles. The van der Waals surface area contributed by atoms with Gasteiger partial charge < -0.3 is 4.90 Å². The van der Waals surface area contributed by atoms with Crippen molar-refractivity contribution in [3.05, 3.63) is 40.4 Å². The molecule has 2 aliphatic carbocycles. The Hall–Kier alpha value is -1.95. The average Bonchev–Trinajstić information content (AvgIpc) is 3.20. The number of imide groups is 1. The Morgan fingerprint density at radius 2 is 1.79 bits per heavy atom. The van der Waals surface area contributed by atoms with Crippen LogP contribution in [-0.4, -0.2) is 37.1 Å². The number of fused-ring (bicyclic) bond motifs is 5. The normalized spacial score (nSPS) is 30.7.